The van der Waals surface area contributed by atoms with Gasteiger partial charge in [-0.1, -0.05) is 13.8 Å². The quantitative estimate of drug-likeness (QED) is 0.865. The Bertz CT molecular complexity index is 575. The van der Waals surface area contributed by atoms with Crippen LogP contribution >= 0.6 is 11.8 Å². The largest absolute Gasteiger partial charge is 0.464 e. The van der Waals surface area contributed by atoms with Crippen molar-refractivity contribution in [2.45, 2.75) is 50.7 Å². The number of nitrogens with one attached hydrogen (secondary N) is 1. The lowest BCUT2D eigenvalue weighted by Crippen LogP contribution is -2.37. The van der Waals surface area contributed by atoms with Crippen molar-refractivity contribution in [2.75, 3.05) is 18.6 Å². The third-order valence-electron chi connectivity index (χ3n) is 3.68. The molecule has 7 heteroatoms. The SMILES string of the molecule is Cc1oc(CNC(C)C)cc1S(=O)(=O)N(C)C1CCSC1. The molecule has 0 saturated carbocycles. The van der Waals surface area contributed by atoms with Crippen LogP contribution in [-0.4, -0.2) is 43.4 Å². The van der Waals surface area contributed by atoms with Gasteiger partial charge in [0.2, 0.25) is 10.0 Å². The predicted molar refractivity (Wildman–Crippen MR) is 86.1 cm³/mol. The van der Waals surface area contributed by atoms with Crippen LogP contribution in [-0.2, 0) is 16.6 Å². The topological polar surface area (TPSA) is 62.6 Å². The van der Waals surface area contributed by atoms with Crippen molar-refractivity contribution in [1.29, 1.82) is 0 Å². The molecule has 0 aliphatic carbocycles. The summed E-state index contributed by atoms with van der Waals surface area (Å²) in [7, 11) is -1.80. The van der Waals surface area contributed by atoms with Crippen LogP contribution in [0, 0.1) is 6.92 Å². The van der Waals surface area contributed by atoms with Crippen molar-refractivity contribution in [2.24, 2.45) is 0 Å². The normalized spacial score (nSPS) is 19.8. The fourth-order valence-electron chi connectivity index (χ4n) is 2.33. The number of thioether (sulfide) groups is 1. The van der Waals surface area contributed by atoms with E-state index < -0.39 is 10.0 Å². The highest BCUT2D eigenvalue weighted by molar-refractivity contribution is 7.99. The van der Waals surface area contributed by atoms with Gasteiger partial charge in [0.25, 0.3) is 0 Å². The smallest absolute Gasteiger partial charge is 0.246 e. The Balaban J connectivity index is 2.19. The molecule has 21 heavy (non-hydrogen) atoms. The van der Waals surface area contributed by atoms with Crippen LogP contribution in [0.2, 0.25) is 0 Å². The van der Waals surface area contributed by atoms with Crippen molar-refractivity contribution in [3.63, 3.8) is 0 Å². The molecule has 0 amide bonds. The number of nitrogens with zero attached hydrogens (tertiary/aromatic N) is 1. The van der Waals surface area contributed by atoms with Gasteiger partial charge in [-0.25, -0.2) is 8.42 Å². The number of sulfonamides is 1. The fourth-order valence-corrected chi connectivity index (χ4v) is 5.26. The molecule has 120 valence electrons. The lowest BCUT2D eigenvalue weighted by molar-refractivity contribution is 0.392. The molecule has 1 aliphatic heterocycles. The summed E-state index contributed by atoms with van der Waals surface area (Å²) in [6.45, 7) is 6.33. The summed E-state index contributed by atoms with van der Waals surface area (Å²) < 4.78 is 32.6. The second-order valence-corrected chi connectivity index (χ2v) is 8.82. The van der Waals surface area contributed by atoms with E-state index >= 15 is 0 Å². The van der Waals surface area contributed by atoms with Gasteiger partial charge in [-0.05, 0) is 19.1 Å². The molecule has 5 nitrogen and oxygen atoms in total. The Morgan fingerprint density at radius 3 is 2.81 bits per heavy atom. The van der Waals surface area contributed by atoms with E-state index in [1.165, 1.54) is 4.31 Å². The van der Waals surface area contributed by atoms with Crippen molar-refractivity contribution in [3.8, 4) is 0 Å². The van der Waals surface area contributed by atoms with Crippen LogP contribution < -0.4 is 5.32 Å². The first kappa shape index (κ1) is 16.9. The van der Waals surface area contributed by atoms with E-state index in [1.807, 2.05) is 13.8 Å². The molecule has 0 bridgehead atoms. The molecule has 1 unspecified atom stereocenters. The molecule has 2 heterocycles. The third-order valence-corrected chi connectivity index (χ3v) is 6.85. The highest BCUT2D eigenvalue weighted by Crippen LogP contribution is 2.29. The van der Waals surface area contributed by atoms with Crippen LogP contribution in [0.5, 0.6) is 0 Å². The monoisotopic (exact) mass is 332 g/mol. The van der Waals surface area contributed by atoms with E-state index in [0.29, 0.717) is 29.0 Å². The molecule has 0 aromatic carbocycles. The number of hydrogen-bond acceptors (Lipinski definition) is 5. The molecule has 1 aromatic heterocycles. The minimum atomic E-state index is -3.47. The van der Waals surface area contributed by atoms with Crippen LogP contribution in [0.15, 0.2) is 15.4 Å². The number of furan rings is 1. The molecule has 0 radical (unpaired) electrons. The van der Waals surface area contributed by atoms with Gasteiger partial charge >= 0.3 is 0 Å². The number of rotatable bonds is 6. The number of aryl methyl sites for hydroxylation is 1. The molecular formula is C14H24N2O3S2. The zero-order valence-electron chi connectivity index (χ0n) is 13.0. The van der Waals surface area contributed by atoms with E-state index in [2.05, 4.69) is 5.32 Å². The Labute approximate surface area is 131 Å². The van der Waals surface area contributed by atoms with Crippen LogP contribution in [0.1, 0.15) is 31.8 Å². The zero-order chi connectivity index (χ0) is 15.6. The van der Waals surface area contributed by atoms with Gasteiger partial charge in [0.1, 0.15) is 16.4 Å². The van der Waals surface area contributed by atoms with Crippen LogP contribution in [0.3, 0.4) is 0 Å². The van der Waals surface area contributed by atoms with Gasteiger partial charge < -0.3 is 9.73 Å². The molecule has 0 spiro atoms. The average molecular weight is 332 g/mol. The second kappa shape index (κ2) is 6.73. The van der Waals surface area contributed by atoms with E-state index in [9.17, 15) is 8.42 Å². The van der Waals surface area contributed by atoms with E-state index in [1.54, 1.807) is 31.8 Å². The molecule has 1 aliphatic rings. The Morgan fingerprint density at radius 2 is 2.24 bits per heavy atom. The highest BCUT2D eigenvalue weighted by Gasteiger charge is 2.32. The standard InChI is InChI=1S/C14H24N2O3S2/c1-10(2)15-8-13-7-14(11(3)19-13)21(17,18)16(4)12-5-6-20-9-12/h7,10,12,15H,5-6,8-9H2,1-4H3. The maximum Gasteiger partial charge on any atom is 0.246 e. The molecule has 2 rings (SSSR count). The van der Waals surface area contributed by atoms with Crippen molar-refractivity contribution < 1.29 is 12.8 Å². The van der Waals surface area contributed by atoms with Gasteiger partial charge in [-0.3, -0.25) is 0 Å². The van der Waals surface area contributed by atoms with Gasteiger partial charge in [0.05, 0.1) is 6.54 Å². The zero-order valence-corrected chi connectivity index (χ0v) is 14.7. The van der Waals surface area contributed by atoms with Gasteiger partial charge in [-0.15, -0.1) is 0 Å². The Hall–Kier alpha value is -0.500. The maximum absolute atomic E-state index is 12.7. The van der Waals surface area contributed by atoms with Crippen LogP contribution in [0.25, 0.3) is 0 Å². The van der Waals surface area contributed by atoms with Crippen molar-refractivity contribution >= 4 is 21.8 Å². The molecule has 1 atom stereocenters. The molecule has 1 fully saturated rings. The first-order valence-electron chi connectivity index (χ1n) is 7.21. The minimum Gasteiger partial charge on any atom is -0.464 e. The summed E-state index contributed by atoms with van der Waals surface area (Å²) in [6.07, 6.45) is 0.916. The Kier molecular flexibility index (Phi) is 5.40. The lowest BCUT2D eigenvalue weighted by Gasteiger charge is -2.22. The van der Waals surface area contributed by atoms with E-state index in [0.717, 1.165) is 17.9 Å². The summed E-state index contributed by atoms with van der Waals surface area (Å²) in [4.78, 5) is 0.294. The molecule has 1 saturated heterocycles. The second-order valence-electron chi connectivity index (χ2n) is 5.71. The highest BCUT2D eigenvalue weighted by atomic mass is 32.2. The summed E-state index contributed by atoms with van der Waals surface area (Å²) in [5.74, 6) is 3.02. The lowest BCUT2D eigenvalue weighted by atomic mass is 10.3. The van der Waals surface area contributed by atoms with Gasteiger partial charge in [0, 0.05) is 31.0 Å². The van der Waals surface area contributed by atoms with E-state index in [-0.39, 0.29) is 6.04 Å². The molecular weight excluding hydrogens is 308 g/mol. The van der Waals surface area contributed by atoms with Crippen molar-refractivity contribution in [1.82, 2.24) is 9.62 Å². The maximum atomic E-state index is 12.7. The summed E-state index contributed by atoms with van der Waals surface area (Å²) in [5, 5.41) is 3.23. The first-order chi connectivity index (χ1) is 9.82. The minimum absolute atomic E-state index is 0.0894. The van der Waals surface area contributed by atoms with Gasteiger partial charge in [-0.2, -0.15) is 16.1 Å². The predicted octanol–water partition coefficient (Wildman–Crippen LogP) is 2.21. The van der Waals surface area contributed by atoms with Crippen molar-refractivity contribution in [3.05, 3.63) is 17.6 Å². The van der Waals surface area contributed by atoms with Crippen LogP contribution in [0.4, 0.5) is 0 Å². The first-order valence-corrected chi connectivity index (χ1v) is 9.80. The Morgan fingerprint density at radius 1 is 1.52 bits per heavy atom. The van der Waals surface area contributed by atoms with Gasteiger partial charge in [0.15, 0.2) is 0 Å². The fraction of sp³-hybridized carbons (Fsp3) is 0.714. The molecule has 1 N–H and O–H groups in total. The summed E-state index contributed by atoms with van der Waals surface area (Å²) in [6, 6.07) is 2.07. The third kappa shape index (κ3) is 3.83. The summed E-state index contributed by atoms with van der Waals surface area (Å²) in [5.41, 5.74) is 0. The molecule has 1 aromatic rings. The van der Waals surface area contributed by atoms with E-state index in [4.69, 9.17) is 4.42 Å². The number of hydrogen-bond donors (Lipinski definition) is 1. The average Bonchev–Trinajstić information content (AvgIpc) is 3.04. The summed E-state index contributed by atoms with van der Waals surface area (Å²) >= 11 is 1.80.